The Morgan fingerprint density at radius 1 is 1.15 bits per heavy atom. The first-order valence-corrected chi connectivity index (χ1v) is 11.6. The van der Waals surface area contributed by atoms with Gasteiger partial charge in [-0.05, 0) is 95.7 Å². The SMILES string of the molecule is CCOP(=O)(OCC)Oc1cc(C)ccc1C1CCN(CCCCN)CC1. The highest BCUT2D eigenvalue weighted by atomic mass is 31.2. The number of nitrogens with two attached hydrogens (primary N) is 1. The van der Waals surface area contributed by atoms with Crippen LogP contribution in [-0.2, 0) is 13.6 Å². The molecule has 0 aliphatic carbocycles. The summed E-state index contributed by atoms with van der Waals surface area (Å²) in [7, 11) is -3.59. The van der Waals surface area contributed by atoms with Crippen molar-refractivity contribution in [3.05, 3.63) is 29.3 Å². The molecule has 2 rings (SSSR count). The second-order valence-electron chi connectivity index (χ2n) is 7.03. The van der Waals surface area contributed by atoms with E-state index >= 15 is 0 Å². The smallest absolute Gasteiger partial charge is 0.404 e. The molecule has 0 saturated carbocycles. The molecule has 0 unspecified atom stereocenters. The molecule has 1 saturated heterocycles. The van der Waals surface area contributed by atoms with Crippen molar-refractivity contribution in [3.63, 3.8) is 0 Å². The van der Waals surface area contributed by atoms with Crippen LogP contribution in [0, 0.1) is 6.92 Å². The zero-order valence-corrected chi connectivity index (χ0v) is 17.9. The predicted molar refractivity (Wildman–Crippen MR) is 109 cm³/mol. The van der Waals surface area contributed by atoms with E-state index in [9.17, 15) is 4.57 Å². The second kappa shape index (κ2) is 11.2. The van der Waals surface area contributed by atoms with Crippen LogP contribution in [0.2, 0.25) is 0 Å². The van der Waals surface area contributed by atoms with Gasteiger partial charge >= 0.3 is 7.82 Å². The average molecular weight is 398 g/mol. The summed E-state index contributed by atoms with van der Waals surface area (Å²) in [4.78, 5) is 2.51. The van der Waals surface area contributed by atoms with E-state index in [0.717, 1.165) is 63.0 Å². The normalized spacial score (nSPS) is 16.6. The fraction of sp³-hybridized carbons (Fsp3) is 0.700. The topological polar surface area (TPSA) is 74.0 Å². The van der Waals surface area contributed by atoms with Crippen molar-refractivity contribution < 1.29 is 18.1 Å². The van der Waals surface area contributed by atoms with Crippen molar-refractivity contribution in [1.82, 2.24) is 4.90 Å². The Bertz CT molecular complexity index is 608. The molecule has 154 valence electrons. The maximum absolute atomic E-state index is 12.8. The van der Waals surface area contributed by atoms with Gasteiger partial charge in [-0.1, -0.05) is 12.1 Å². The maximum Gasteiger partial charge on any atom is 0.530 e. The quantitative estimate of drug-likeness (QED) is 0.438. The van der Waals surface area contributed by atoms with Crippen LogP contribution in [0.4, 0.5) is 0 Å². The summed E-state index contributed by atoms with van der Waals surface area (Å²) in [6, 6.07) is 6.12. The van der Waals surface area contributed by atoms with Gasteiger partial charge in [-0.25, -0.2) is 4.57 Å². The summed E-state index contributed by atoms with van der Waals surface area (Å²) in [6.45, 7) is 10.1. The first kappa shape index (κ1) is 22.4. The highest BCUT2D eigenvalue weighted by Crippen LogP contribution is 2.51. The molecule has 2 N–H and O–H groups in total. The minimum Gasteiger partial charge on any atom is -0.404 e. The summed E-state index contributed by atoms with van der Waals surface area (Å²) in [6.07, 6.45) is 4.37. The van der Waals surface area contributed by atoms with E-state index in [1.54, 1.807) is 13.8 Å². The van der Waals surface area contributed by atoms with Crippen molar-refractivity contribution in [2.45, 2.75) is 52.4 Å². The number of aryl methyl sites for hydroxylation is 1. The van der Waals surface area contributed by atoms with E-state index in [2.05, 4.69) is 17.0 Å². The fourth-order valence-corrected chi connectivity index (χ4v) is 4.74. The van der Waals surface area contributed by atoms with E-state index in [0.29, 0.717) is 11.7 Å². The lowest BCUT2D eigenvalue weighted by Crippen LogP contribution is -2.34. The van der Waals surface area contributed by atoms with Gasteiger partial charge in [-0.3, -0.25) is 9.05 Å². The molecule has 1 fully saturated rings. The number of piperidine rings is 1. The number of hydrogen-bond acceptors (Lipinski definition) is 6. The first-order chi connectivity index (χ1) is 13.0. The molecule has 0 spiro atoms. The van der Waals surface area contributed by atoms with Gasteiger partial charge in [0.2, 0.25) is 0 Å². The van der Waals surface area contributed by atoms with E-state index in [1.165, 1.54) is 0 Å². The standard InChI is InChI=1S/C20H35N2O4P/c1-4-24-27(23,25-5-2)26-20-16-17(3)8-9-19(20)18-10-14-22(15-11-18)13-7-6-12-21/h8-9,16,18H,4-7,10-15,21H2,1-3H3. The molecular formula is C20H35N2O4P. The third-order valence-corrected chi connectivity index (χ3v) is 6.48. The highest BCUT2D eigenvalue weighted by Gasteiger charge is 2.30. The van der Waals surface area contributed by atoms with Crippen molar-refractivity contribution in [1.29, 1.82) is 0 Å². The number of nitrogens with zero attached hydrogens (tertiary/aromatic N) is 1. The molecule has 1 aliphatic rings. The molecule has 0 aromatic heterocycles. The summed E-state index contributed by atoms with van der Waals surface area (Å²) in [5.74, 6) is 1.02. The zero-order valence-electron chi connectivity index (χ0n) is 17.0. The summed E-state index contributed by atoms with van der Waals surface area (Å²) in [5.41, 5.74) is 7.75. The molecule has 6 nitrogen and oxygen atoms in total. The van der Waals surface area contributed by atoms with Crippen LogP contribution < -0.4 is 10.3 Å². The molecule has 0 radical (unpaired) electrons. The molecule has 1 aromatic rings. The lowest BCUT2D eigenvalue weighted by atomic mass is 9.88. The van der Waals surface area contributed by atoms with Crippen molar-refractivity contribution >= 4 is 7.82 Å². The number of hydrogen-bond donors (Lipinski definition) is 1. The molecule has 1 aromatic carbocycles. The Balaban J connectivity index is 2.08. The van der Waals surface area contributed by atoms with Gasteiger partial charge in [0.25, 0.3) is 0 Å². The number of unbranched alkanes of at least 4 members (excludes halogenated alkanes) is 1. The largest absolute Gasteiger partial charge is 0.530 e. The van der Waals surface area contributed by atoms with Crippen LogP contribution in [-0.4, -0.2) is 44.3 Å². The third kappa shape index (κ3) is 6.88. The third-order valence-electron chi connectivity index (χ3n) is 4.91. The zero-order chi connectivity index (χ0) is 19.7. The van der Waals surface area contributed by atoms with Gasteiger partial charge in [0.15, 0.2) is 0 Å². The van der Waals surface area contributed by atoms with Crippen molar-refractivity contribution in [2.24, 2.45) is 5.73 Å². The molecule has 1 heterocycles. The van der Waals surface area contributed by atoms with Crippen LogP contribution in [0.1, 0.15) is 56.6 Å². The Morgan fingerprint density at radius 2 is 1.81 bits per heavy atom. The summed E-state index contributed by atoms with van der Waals surface area (Å²) >= 11 is 0. The van der Waals surface area contributed by atoms with Crippen LogP contribution in [0.5, 0.6) is 5.75 Å². The second-order valence-corrected chi connectivity index (χ2v) is 8.62. The lowest BCUT2D eigenvalue weighted by Gasteiger charge is -2.33. The van der Waals surface area contributed by atoms with E-state index in [-0.39, 0.29) is 13.2 Å². The van der Waals surface area contributed by atoms with E-state index in [4.69, 9.17) is 19.3 Å². The number of phosphoric ester groups is 1. The van der Waals surface area contributed by atoms with Gasteiger partial charge in [0.1, 0.15) is 5.75 Å². The van der Waals surface area contributed by atoms with E-state index in [1.807, 2.05) is 13.0 Å². The number of likely N-dealkylation sites (tertiary alicyclic amines) is 1. The predicted octanol–water partition coefficient (Wildman–Crippen LogP) is 4.47. The Hall–Kier alpha value is -0.910. The summed E-state index contributed by atoms with van der Waals surface area (Å²) in [5, 5.41) is 0. The van der Waals surface area contributed by atoms with Crippen LogP contribution >= 0.6 is 7.82 Å². The Morgan fingerprint density at radius 3 is 2.41 bits per heavy atom. The fourth-order valence-electron chi connectivity index (χ4n) is 3.53. The number of benzene rings is 1. The van der Waals surface area contributed by atoms with Crippen LogP contribution in [0.25, 0.3) is 0 Å². The minimum absolute atomic E-state index is 0.277. The van der Waals surface area contributed by atoms with Crippen molar-refractivity contribution in [2.75, 3.05) is 39.4 Å². The molecule has 0 atom stereocenters. The molecule has 7 heteroatoms. The molecule has 1 aliphatic heterocycles. The minimum atomic E-state index is -3.59. The van der Waals surface area contributed by atoms with Crippen molar-refractivity contribution in [3.8, 4) is 5.75 Å². The molecular weight excluding hydrogens is 363 g/mol. The van der Waals surface area contributed by atoms with E-state index < -0.39 is 7.82 Å². The molecule has 0 amide bonds. The van der Waals surface area contributed by atoms with Gasteiger partial charge in [-0.15, -0.1) is 0 Å². The molecule has 0 bridgehead atoms. The highest BCUT2D eigenvalue weighted by molar-refractivity contribution is 7.48. The maximum atomic E-state index is 12.8. The van der Waals surface area contributed by atoms with Gasteiger partial charge in [-0.2, -0.15) is 0 Å². The Kier molecular flexibility index (Phi) is 9.27. The monoisotopic (exact) mass is 398 g/mol. The number of rotatable bonds is 11. The van der Waals surface area contributed by atoms with Gasteiger partial charge in [0.05, 0.1) is 13.2 Å². The summed E-state index contributed by atoms with van der Waals surface area (Å²) < 4.78 is 29.3. The van der Waals surface area contributed by atoms with Crippen LogP contribution in [0.3, 0.4) is 0 Å². The first-order valence-electron chi connectivity index (χ1n) is 10.1. The number of phosphoric acid groups is 1. The van der Waals surface area contributed by atoms with Gasteiger partial charge < -0.3 is 15.2 Å². The lowest BCUT2D eigenvalue weighted by molar-refractivity contribution is 0.166. The van der Waals surface area contributed by atoms with Gasteiger partial charge in [0, 0.05) is 0 Å². The Labute approximate surface area is 164 Å². The average Bonchev–Trinajstić information content (AvgIpc) is 2.63. The van der Waals surface area contributed by atoms with Crippen LogP contribution in [0.15, 0.2) is 18.2 Å². The molecule has 27 heavy (non-hydrogen) atoms.